The lowest BCUT2D eigenvalue weighted by atomic mass is 9.95. The summed E-state index contributed by atoms with van der Waals surface area (Å²) in [7, 11) is 2.69. The van der Waals surface area contributed by atoms with Gasteiger partial charge in [0.25, 0.3) is 0 Å². The summed E-state index contributed by atoms with van der Waals surface area (Å²) in [4.78, 5) is 23.6. The van der Waals surface area contributed by atoms with Crippen molar-refractivity contribution in [1.82, 2.24) is 10.6 Å². The Balaban J connectivity index is 2.51. The van der Waals surface area contributed by atoms with Gasteiger partial charge in [-0.05, 0) is 24.6 Å². The molecule has 0 saturated carbocycles. The predicted molar refractivity (Wildman–Crippen MR) is 73.8 cm³/mol. The molecule has 0 fully saturated rings. The lowest BCUT2D eigenvalue weighted by Crippen LogP contribution is -2.45. The summed E-state index contributed by atoms with van der Waals surface area (Å²) < 4.78 is 9.80. The molecule has 0 unspecified atom stereocenters. The van der Waals surface area contributed by atoms with Gasteiger partial charge in [-0.3, -0.25) is 0 Å². The third-order valence-electron chi connectivity index (χ3n) is 3.21. The maximum absolute atomic E-state index is 11.9. The van der Waals surface area contributed by atoms with Crippen LogP contribution in [0.1, 0.15) is 18.5 Å². The molecule has 0 aromatic heterocycles. The Hall–Kier alpha value is -2.70. The maximum atomic E-state index is 11.9. The number of methoxy groups -OCH3 is 2. The van der Waals surface area contributed by atoms with Crippen LogP contribution in [0, 0.1) is 0 Å². The lowest BCUT2D eigenvalue weighted by molar-refractivity contribution is -0.136. The molecular weight excluding hydrogens is 276 g/mol. The molecule has 2 rings (SSSR count). The van der Waals surface area contributed by atoms with Crippen LogP contribution in [0.4, 0.5) is 4.79 Å². The zero-order chi connectivity index (χ0) is 15.6. The molecule has 112 valence electrons. The number of urea groups is 1. The zero-order valence-corrected chi connectivity index (χ0v) is 11.9. The third kappa shape index (κ3) is 2.76. The zero-order valence-electron chi connectivity index (χ0n) is 11.9. The van der Waals surface area contributed by atoms with Crippen LogP contribution in [0.2, 0.25) is 0 Å². The molecule has 1 atom stereocenters. The van der Waals surface area contributed by atoms with Crippen molar-refractivity contribution in [2.24, 2.45) is 0 Å². The van der Waals surface area contributed by atoms with E-state index in [1.54, 1.807) is 19.1 Å². The van der Waals surface area contributed by atoms with Gasteiger partial charge in [-0.2, -0.15) is 0 Å². The fourth-order valence-corrected chi connectivity index (χ4v) is 2.20. The number of rotatable bonds is 3. The minimum atomic E-state index is -0.680. The van der Waals surface area contributed by atoms with Crippen LogP contribution in [0.5, 0.6) is 11.5 Å². The maximum Gasteiger partial charge on any atom is 0.337 e. The second-order valence-corrected chi connectivity index (χ2v) is 4.49. The van der Waals surface area contributed by atoms with Crippen molar-refractivity contribution in [3.05, 3.63) is 35.0 Å². The van der Waals surface area contributed by atoms with Gasteiger partial charge in [0.1, 0.15) is 0 Å². The number of phenolic OH excluding ortho intramolecular Hbond substituents is 1. The molecule has 0 spiro atoms. The van der Waals surface area contributed by atoms with E-state index in [4.69, 9.17) is 9.47 Å². The van der Waals surface area contributed by atoms with E-state index in [0.717, 1.165) is 0 Å². The van der Waals surface area contributed by atoms with E-state index < -0.39 is 18.0 Å². The number of hydrogen-bond acceptors (Lipinski definition) is 5. The Labute approximate surface area is 121 Å². The first-order valence-corrected chi connectivity index (χ1v) is 6.21. The highest BCUT2D eigenvalue weighted by molar-refractivity contribution is 5.94. The smallest absolute Gasteiger partial charge is 0.337 e. The number of phenols is 1. The second-order valence-electron chi connectivity index (χ2n) is 4.49. The third-order valence-corrected chi connectivity index (χ3v) is 3.21. The second kappa shape index (κ2) is 5.74. The highest BCUT2D eigenvalue weighted by Gasteiger charge is 2.32. The molecule has 2 amide bonds. The van der Waals surface area contributed by atoms with Crippen molar-refractivity contribution >= 4 is 12.0 Å². The van der Waals surface area contributed by atoms with E-state index in [1.165, 1.54) is 20.3 Å². The van der Waals surface area contributed by atoms with E-state index in [2.05, 4.69) is 10.6 Å². The molecule has 1 aromatic carbocycles. The van der Waals surface area contributed by atoms with Crippen molar-refractivity contribution in [2.75, 3.05) is 14.2 Å². The van der Waals surface area contributed by atoms with Crippen molar-refractivity contribution in [3.63, 3.8) is 0 Å². The van der Waals surface area contributed by atoms with Crippen LogP contribution >= 0.6 is 0 Å². The quantitative estimate of drug-likeness (QED) is 0.727. The van der Waals surface area contributed by atoms with Gasteiger partial charge in [-0.15, -0.1) is 0 Å². The van der Waals surface area contributed by atoms with Gasteiger partial charge in [0.2, 0.25) is 0 Å². The van der Waals surface area contributed by atoms with Crippen LogP contribution in [-0.4, -0.2) is 31.3 Å². The first kappa shape index (κ1) is 14.7. The Morgan fingerprint density at radius 1 is 1.33 bits per heavy atom. The topological polar surface area (TPSA) is 96.9 Å². The molecule has 1 aliphatic heterocycles. The summed E-state index contributed by atoms with van der Waals surface area (Å²) in [6.07, 6.45) is 0. The summed E-state index contributed by atoms with van der Waals surface area (Å²) in [6.45, 7) is 1.62. The molecule has 3 N–H and O–H groups in total. The van der Waals surface area contributed by atoms with Gasteiger partial charge in [-0.25, -0.2) is 9.59 Å². The van der Waals surface area contributed by atoms with Crippen molar-refractivity contribution in [3.8, 4) is 11.5 Å². The molecule has 1 aromatic rings. The molecule has 0 aliphatic carbocycles. The number of amides is 2. The molecule has 0 bridgehead atoms. The number of nitrogens with one attached hydrogen (secondary N) is 2. The number of esters is 1. The average molecular weight is 292 g/mol. The van der Waals surface area contributed by atoms with Crippen LogP contribution in [0.25, 0.3) is 0 Å². The molecular formula is C14H16N2O5. The number of ether oxygens (including phenoxy) is 2. The minimum Gasteiger partial charge on any atom is -0.504 e. The normalized spacial score (nSPS) is 17.9. The number of carbonyl (C=O) groups excluding carboxylic acids is 2. The highest BCUT2D eigenvalue weighted by Crippen LogP contribution is 2.33. The highest BCUT2D eigenvalue weighted by atomic mass is 16.5. The van der Waals surface area contributed by atoms with Crippen LogP contribution in [-0.2, 0) is 9.53 Å². The van der Waals surface area contributed by atoms with Gasteiger partial charge in [0, 0.05) is 5.70 Å². The summed E-state index contributed by atoms with van der Waals surface area (Å²) in [5.41, 5.74) is 1.31. The summed E-state index contributed by atoms with van der Waals surface area (Å²) in [5, 5.41) is 14.8. The fourth-order valence-electron chi connectivity index (χ4n) is 2.20. The number of aromatic hydroxyl groups is 1. The molecule has 21 heavy (non-hydrogen) atoms. The van der Waals surface area contributed by atoms with Crippen LogP contribution < -0.4 is 15.4 Å². The average Bonchev–Trinajstić information content (AvgIpc) is 2.46. The number of allylic oxidation sites excluding steroid dienone is 1. The number of hydrogen-bond donors (Lipinski definition) is 3. The molecule has 0 radical (unpaired) electrons. The van der Waals surface area contributed by atoms with Gasteiger partial charge < -0.3 is 25.2 Å². The number of benzene rings is 1. The Morgan fingerprint density at radius 3 is 2.67 bits per heavy atom. The summed E-state index contributed by atoms with van der Waals surface area (Å²) in [6, 6.07) is 3.50. The van der Waals surface area contributed by atoms with E-state index >= 15 is 0 Å². The molecule has 1 aliphatic rings. The SMILES string of the molecule is COC(=O)C1=C(C)NC(=O)N[C@@H]1c1ccc(O)c(OC)c1. The molecule has 7 nitrogen and oxygen atoms in total. The van der Waals surface area contributed by atoms with E-state index in [1.807, 2.05) is 0 Å². The van der Waals surface area contributed by atoms with Crippen LogP contribution in [0.15, 0.2) is 29.5 Å². The largest absolute Gasteiger partial charge is 0.504 e. The Bertz CT molecular complexity index is 624. The molecule has 0 saturated heterocycles. The van der Waals surface area contributed by atoms with Gasteiger partial charge in [0.15, 0.2) is 11.5 Å². The van der Waals surface area contributed by atoms with Crippen LogP contribution in [0.3, 0.4) is 0 Å². The molecule has 7 heteroatoms. The van der Waals surface area contributed by atoms with Crippen molar-refractivity contribution in [2.45, 2.75) is 13.0 Å². The van der Waals surface area contributed by atoms with Gasteiger partial charge in [-0.1, -0.05) is 6.07 Å². The summed E-state index contributed by atoms with van der Waals surface area (Å²) >= 11 is 0. The standard InChI is InChI=1S/C14H16N2O5/c1-7-11(13(18)21-3)12(16-14(19)15-7)8-4-5-9(17)10(6-8)20-2/h4-6,12,17H,1-3H3,(H2,15,16,19)/t12-/m1/s1. The monoisotopic (exact) mass is 292 g/mol. The predicted octanol–water partition coefficient (Wildman–Crippen LogP) is 1.20. The number of carbonyl (C=O) groups is 2. The van der Waals surface area contributed by atoms with E-state index in [-0.39, 0.29) is 11.5 Å². The molecule has 1 heterocycles. The van der Waals surface area contributed by atoms with Gasteiger partial charge >= 0.3 is 12.0 Å². The van der Waals surface area contributed by atoms with E-state index in [0.29, 0.717) is 16.8 Å². The first-order chi connectivity index (χ1) is 9.97. The van der Waals surface area contributed by atoms with Gasteiger partial charge in [0.05, 0.1) is 25.8 Å². The minimum absolute atomic E-state index is 0.0261. The summed E-state index contributed by atoms with van der Waals surface area (Å²) in [5.74, 6) is -0.318. The van der Waals surface area contributed by atoms with Crippen molar-refractivity contribution in [1.29, 1.82) is 0 Å². The lowest BCUT2D eigenvalue weighted by Gasteiger charge is -2.28. The first-order valence-electron chi connectivity index (χ1n) is 6.21. The van der Waals surface area contributed by atoms with Crippen molar-refractivity contribution < 1.29 is 24.2 Å². The fraction of sp³-hybridized carbons (Fsp3) is 0.286. The Morgan fingerprint density at radius 2 is 2.05 bits per heavy atom. The van der Waals surface area contributed by atoms with E-state index in [9.17, 15) is 14.7 Å². The Kier molecular flexibility index (Phi) is 4.02.